The fourth-order valence-electron chi connectivity index (χ4n) is 1.64. The summed E-state index contributed by atoms with van der Waals surface area (Å²) in [6.45, 7) is 0. The molecule has 0 aliphatic heterocycles. The lowest BCUT2D eigenvalue weighted by Crippen LogP contribution is -2.13. The highest BCUT2D eigenvalue weighted by Gasteiger charge is 2.13. The van der Waals surface area contributed by atoms with Crippen molar-refractivity contribution >= 4 is 0 Å². The van der Waals surface area contributed by atoms with Gasteiger partial charge < -0.3 is 10.5 Å². The topological polar surface area (TPSA) is 35.2 Å². The van der Waals surface area contributed by atoms with E-state index in [9.17, 15) is 0 Å². The summed E-state index contributed by atoms with van der Waals surface area (Å²) in [5.41, 5.74) is 8.06. The molecule has 2 heteroatoms. The number of hydrogen-bond donors (Lipinski definition) is 1. The zero-order valence-corrected chi connectivity index (χ0v) is 9.18. The molecule has 1 radical (unpaired) electrons. The summed E-state index contributed by atoms with van der Waals surface area (Å²) in [6, 6.07) is 18.4. The van der Waals surface area contributed by atoms with Crippen LogP contribution in [0.5, 0.6) is 5.75 Å². The maximum Gasteiger partial charge on any atom is 0.124 e. The van der Waals surface area contributed by atoms with Gasteiger partial charge in [-0.1, -0.05) is 48.5 Å². The quantitative estimate of drug-likeness (QED) is 0.848. The summed E-state index contributed by atoms with van der Waals surface area (Å²) in [5.74, 6) is 0.795. The summed E-state index contributed by atoms with van der Waals surface area (Å²) >= 11 is 0. The van der Waals surface area contributed by atoms with Gasteiger partial charge in [-0.2, -0.15) is 0 Å². The number of methoxy groups -OCH3 is 1. The van der Waals surface area contributed by atoms with Crippen LogP contribution in [0.2, 0.25) is 0 Å². The molecule has 0 aliphatic carbocycles. The third-order valence-electron chi connectivity index (χ3n) is 2.48. The standard InChI is InChI=1S/C14H14NO/c1-16-13-10-6-5-9-12(13)14(15)11-7-3-2-4-8-11/h2-10H,15H2,1H3. The van der Waals surface area contributed by atoms with Gasteiger partial charge in [0.1, 0.15) is 5.75 Å². The number of ether oxygens (including phenoxy) is 1. The van der Waals surface area contributed by atoms with Crippen LogP contribution >= 0.6 is 0 Å². The van der Waals surface area contributed by atoms with E-state index in [0.29, 0.717) is 0 Å². The number of nitrogens with two attached hydrogens (primary N) is 1. The summed E-state index contributed by atoms with van der Waals surface area (Å²) in [6.07, 6.45) is 0. The number of rotatable bonds is 3. The van der Waals surface area contributed by atoms with Crippen molar-refractivity contribution in [3.05, 3.63) is 71.8 Å². The van der Waals surface area contributed by atoms with Crippen LogP contribution in [0.3, 0.4) is 0 Å². The van der Waals surface area contributed by atoms with Gasteiger partial charge in [-0.15, -0.1) is 0 Å². The molecule has 0 saturated heterocycles. The molecular weight excluding hydrogens is 198 g/mol. The second-order valence-corrected chi connectivity index (χ2v) is 3.48. The highest BCUT2D eigenvalue weighted by atomic mass is 16.5. The fourth-order valence-corrected chi connectivity index (χ4v) is 1.64. The number of para-hydroxylation sites is 1. The van der Waals surface area contributed by atoms with Gasteiger partial charge in [0.25, 0.3) is 0 Å². The first kappa shape index (κ1) is 10.7. The molecule has 81 valence electrons. The van der Waals surface area contributed by atoms with E-state index in [-0.39, 0.29) is 0 Å². The minimum atomic E-state index is 0.734. The van der Waals surface area contributed by atoms with E-state index in [1.807, 2.05) is 54.6 Å². The minimum Gasteiger partial charge on any atom is -0.496 e. The number of hydrogen-bond acceptors (Lipinski definition) is 2. The van der Waals surface area contributed by atoms with Crippen molar-refractivity contribution in [2.24, 2.45) is 5.73 Å². The number of benzene rings is 2. The lowest BCUT2D eigenvalue weighted by molar-refractivity contribution is 0.411. The molecule has 2 aromatic rings. The van der Waals surface area contributed by atoms with Gasteiger partial charge in [-0.05, 0) is 11.6 Å². The molecule has 0 unspecified atom stereocenters. The SMILES string of the molecule is COc1ccccc1[C](N)c1ccccc1. The second kappa shape index (κ2) is 4.81. The van der Waals surface area contributed by atoms with Gasteiger partial charge in [0.2, 0.25) is 0 Å². The zero-order chi connectivity index (χ0) is 11.4. The van der Waals surface area contributed by atoms with E-state index in [4.69, 9.17) is 10.5 Å². The Hall–Kier alpha value is -1.80. The van der Waals surface area contributed by atoms with Gasteiger partial charge in [-0.3, -0.25) is 0 Å². The maximum atomic E-state index is 6.13. The predicted molar refractivity (Wildman–Crippen MR) is 65.1 cm³/mol. The molecule has 2 N–H and O–H groups in total. The third-order valence-corrected chi connectivity index (χ3v) is 2.48. The molecule has 0 spiro atoms. The normalized spacial score (nSPS) is 10.4. The predicted octanol–water partition coefficient (Wildman–Crippen LogP) is 2.58. The zero-order valence-electron chi connectivity index (χ0n) is 9.18. The maximum absolute atomic E-state index is 6.13. The van der Waals surface area contributed by atoms with Gasteiger partial charge in [0.05, 0.1) is 13.2 Å². The van der Waals surface area contributed by atoms with Crippen molar-refractivity contribution in [1.29, 1.82) is 0 Å². The van der Waals surface area contributed by atoms with Crippen molar-refractivity contribution in [3.8, 4) is 5.75 Å². The Morgan fingerprint density at radius 2 is 1.56 bits per heavy atom. The summed E-state index contributed by atoms with van der Waals surface area (Å²) < 4.78 is 5.29. The van der Waals surface area contributed by atoms with Gasteiger partial charge in [-0.25, -0.2) is 0 Å². The Morgan fingerprint density at radius 3 is 2.25 bits per heavy atom. The molecule has 0 heterocycles. The van der Waals surface area contributed by atoms with Crippen LogP contribution in [0, 0.1) is 6.04 Å². The molecule has 2 rings (SSSR count). The molecule has 0 aromatic heterocycles. The van der Waals surface area contributed by atoms with Crippen LogP contribution < -0.4 is 10.5 Å². The largest absolute Gasteiger partial charge is 0.496 e. The van der Waals surface area contributed by atoms with Crippen LogP contribution in [0.1, 0.15) is 11.1 Å². The van der Waals surface area contributed by atoms with Crippen LogP contribution in [0.4, 0.5) is 0 Å². The second-order valence-electron chi connectivity index (χ2n) is 3.48. The molecular formula is C14H14NO. The van der Waals surface area contributed by atoms with Crippen LogP contribution in [-0.4, -0.2) is 7.11 Å². The summed E-state index contributed by atoms with van der Waals surface area (Å²) in [5, 5.41) is 0. The summed E-state index contributed by atoms with van der Waals surface area (Å²) in [4.78, 5) is 0. The minimum absolute atomic E-state index is 0.734. The van der Waals surface area contributed by atoms with Gasteiger partial charge in [0, 0.05) is 5.56 Å². The van der Waals surface area contributed by atoms with E-state index in [1.54, 1.807) is 7.11 Å². The van der Waals surface area contributed by atoms with Crippen molar-refractivity contribution in [1.82, 2.24) is 0 Å². The van der Waals surface area contributed by atoms with E-state index < -0.39 is 0 Å². The van der Waals surface area contributed by atoms with Crippen LogP contribution in [-0.2, 0) is 0 Å². The van der Waals surface area contributed by atoms with Crippen molar-refractivity contribution in [2.75, 3.05) is 7.11 Å². The van der Waals surface area contributed by atoms with E-state index >= 15 is 0 Å². The Kier molecular flexibility index (Phi) is 3.22. The van der Waals surface area contributed by atoms with Gasteiger partial charge >= 0.3 is 0 Å². The average molecular weight is 212 g/mol. The Labute approximate surface area is 95.7 Å². The smallest absolute Gasteiger partial charge is 0.124 e. The first-order valence-electron chi connectivity index (χ1n) is 5.14. The van der Waals surface area contributed by atoms with Crippen molar-refractivity contribution in [2.45, 2.75) is 0 Å². The Morgan fingerprint density at radius 1 is 0.938 bits per heavy atom. The molecule has 0 bridgehead atoms. The fraction of sp³-hybridized carbons (Fsp3) is 0.0714. The first-order chi connectivity index (χ1) is 7.83. The molecule has 0 saturated carbocycles. The molecule has 0 aliphatic rings. The summed E-state index contributed by atoms with van der Waals surface area (Å²) in [7, 11) is 1.65. The molecule has 16 heavy (non-hydrogen) atoms. The lowest BCUT2D eigenvalue weighted by Gasteiger charge is -2.14. The Balaban J connectivity index is 2.37. The lowest BCUT2D eigenvalue weighted by atomic mass is 9.99. The van der Waals surface area contributed by atoms with Crippen LogP contribution in [0.15, 0.2) is 54.6 Å². The van der Waals surface area contributed by atoms with E-state index in [0.717, 1.165) is 22.9 Å². The molecule has 0 fully saturated rings. The molecule has 2 aromatic carbocycles. The monoisotopic (exact) mass is 212 g/mol. The molecule has 2 nitrogen and oxygen atoms in total. The highest BCUT2D eigenvalue weighted by Crippen LogP contribution is 2.26. The van der Waals surface area contributed by atoms with E-state index in [2.05, 4.69) is 0 Å². The highest BCUT2D eigenvalue weighted by molar-refractivity contribution is 5.50. The third kappa shape index (κ3) is 2.07. The van der Waals surface area contributed by atoms with Crippen LogP contribution in [0.25, 0.3) is 0 Å². The molecule has 0 amide bonds. The van der Waals surface area contributed by atoms with E-state index in [1.165, 1.54) is 0 Å². The molecule has 0 atom stereocenters. The van der Waals surface area contributed by atoms with Crippen molar-refractivity contribution < 1.29 is 4.74 Å². The van der Waals surface area contributed by atoms with Gasteiger partial charge in [0.15, 0.2) is 0 Å². The average Bonchev–Trinajstić information content (AvgIpc) is 2.39. The first-order valence-corrected chi connectivity index (χ1v) is 5.14. The van der Waals surface area contributed by atoms with Crippen molar-refractivity contribution in [3.63, 3.8) is 0 Å². The Bertz CT molecular complexity index is 453.